The highest BCUT2D eigenvalue weighted by atomic mass is 16.3. The van der Waals surface area contributed by atoms with Crippen LogP contribution in [0, 0.1) is 6.92 Å². The molecule has 3 N–H and O–H groups in total. The van der Waals surface area contributed by atoms with Crippen LogP contribution in [-0.2, 0) is 0 Å². The van der Waals surface area contributed by atoms with E-state index in [1.165, 1.54) is 0 Å². The van der Waals surface area contributed by atoms with Crippen LogP contribution in [0.5, 0.6) is 0 Å². The van der Waals surface area contributed by atoms with E-state index in [1.807, 2.05) is 30.9 Å². The van der Waals surface area contributed by atoms with Gasteiger partial charge in [-0.15, -0.1) is 0 Å². The predicted octanol–water partition coefficient (Wildman–Crippen LogP) is 1.95. The fraction of sp³-hybridized carbons (Fsp3) is 0.533. The molecule has 1 heterocycles. The highest BCUT2D eigenvalue weighted by Gasteiger charge is 2.28. The lowest BCUT2D eigenvalue weighted by Crippen LogP contribution is -2.34. The molecular formula is C15H22N2O2. The van der Waals surface area contributed by atoms with Crippen molar-refractivity contribution in [1.82, 2.24) is 4.90 Å². The van der Waals surface area contributed by atoms with Gasteiger partial charge in [-0.3, -0.25) is 4.79 Å². The molecule has 0 aromatic heterocycles. The SMILES string of the molecule is Cc1c(N)cccc1C(=O)N1CCCC(C)(O)CC1. The molecule has 0 spiro atoms. The molecule has 0 bridgehead atoms. The maximum absolute atomic E-state index is 12.5. The third kappa shape index (κ3) is 3.07. The molecule has 1 aromatic rings. The average molecular weight is 262 g/mol. The second-order valence-electron chi connectivity index (χ2n) is 5.66. The lowest BCUT2D eigenvalue weighted by Gasteiger charge is -2.23. The topological polar surface area (TPSA) is 66.6 Å². The van der Waals surface area contributed by atoms with Crippen molar-refractivity contribution in [2.24, 2.45) is 0 Å². The van der Waals surface area contributed by atoms with Gasteiger partial charge >= 0.3 is 0 Å². The summed E-state index contributed by atoms with van der Waals surface area (Å²) < 4.78 is 0. The van der Waals surface area contributed by atoms with Crippen LogP contribution in [0.1, 0.15) is 42.1 Å². The van der Waals surface area contributed by atoms with Gasteiger partial charge < -0.3 is 15.7 Å². The smallest absolute Gasteiger partial charge is 0.254 e. The van der Waals surface area contributed by atoms with Crippen LogP contribution in [0.15, 0.2) is 18.2 Å². The van der Waals surface area contributed by atoms with Crippen LogP contribution in [0.4, 0.5) is 5.69 Å². The van der Waals surface area contributed by atoms with Crippen LogP contribution >= 0.6 is 0 Å². The zero-order valence-corrected chi connectivity index (χ0v) is 11.6. The summed E-state index contributed by atoms with van der Waals surface area (Å²) in [4.78, 5) is 14.3. The minimum atomic E-state index is -0.653. The third-order valence-corrected chi connectivity index (χ3v) is 3.96. The van der Waals surface area contributed by atoms with Crippen LogP contribution in [0.2, 0.25) is 0 Å². The minimum absolute atomic E-state index is 0.0162. The quantitative estimate of drug-likeness (QED) is 0.760. The number of carbonyl (C=O) groups excluding carboxylic acids is 1. The van der Waals surface area contributed by atoms with Crippen molar-refractivity contribution >= 4 is 11.6 Å². The summed E-state index contributed by atoms with van der Waals surface area (Å²) >= 11 is 0. The van der Waals surface area contributed by atoms with Gasteiger partial charge in [-0.2, -0.15) is 0 Å². The monoisotopic (exact) mass is 262 g/mol. The van der Waals surface area contributed by atoms with E-state index in [4.69, 9.17) is 5.73 Å². The molecular weight excluding hydrogens is 240 g/mol. The van der Waals surface area contributed by atoms with Crippen molar-refractivity contribution in [2.75, 3.05) is 18.8 Å². The van der Waals surface area contributed by atoms with E-state index in [-0.39, 0.29) is 5.91 Å². The maximum Gasteiger partial charge on any atom is 0.254 e. The molecule has 0 radical (unpaired) electrons. The molecule has 19 heavy (non-hydrogen) atoms. The third-order valence-electron chi connectivity index (χ3n) is 3.96. The largest absolute Gasteiger partial charge is 0.398 e. The van der Waals surface area contributed by atoms with Gasteiger partial charge in [0.05, 0.1) is 5.60 Å². The molecule has 0 saturated carbocycles. The number of hydrogen-bond donors (Lipinski definition) is 2. The zero-order valence-electron chi connectivity index (χ0n) is 11.6. The minimum Gasteiger partial charge on any atom is -0.398 e. The molecule has 2 rings (SSSR count). The van der Waals surface area contributed by atoms with E-state index in [0.717, 1.165) is 18.4 Å². The molecule has 4 nitrogen and oxygen atoms in total. The number of hydrogen-bond acceptors (Lipinski definition) is 3. The van der Waals surface area contributed by atoms with E-state index < -0.39 is 5.60 Å². The molecule has 1 amide bonds. The summed E-state index contributed by atoms with van der Waals surface area (Å²) in [7, 11) is 0. The first-order valence-corrected chi connectivity index (χ1v) is 6.77. The standard InChI is InChI=1S/C15H22N2O2/c1-11-12(5-3-6-13(11)16)14(18)17-9-4-7-15(2,19)8-10-17/h3,5-6,19H,4,7-10,16H2,1-2H3. The Kier molecular flexibility index (Phi) is 3.80. The molecule has 1 saturated heterocycles. The molecule has 1 aromatic carbocycles. The summed E-state index contributed by atoms with van der Waals surface area (Å²) in [6, 6.07) is 5.43. The molecule has 0 aliphatic carbocycles. The Morgan fingerprint density at radius 1 is 1.37 bits per heavy atom. The maximum atomic E-state index is 12.5. The van der Waals surface area contributed by atoms with E-state index >= 15 is 0 Å². The fourth-order valence-electron chi connectivity index (χ4n) is 2.52. The molecule has 1 atom stereocenters. The molecule has 4 heteroatoms. The van der Waals surface area contributed by atoms with Gasteiger partial charge in [-0.1, -0.05) is 6.07 Å². The first-order chi connectivity index (χ1) is 8.91. The first kappa shape index (κ1) is 13.9. The predicted molar refractivity (Wildman–Crippen MR) is 76.0 cm³/mol. The number of nitrogens with two attached hydrogens (primary N) is 1. The Balaban J connectivity index is 2.18. The Hall–Kier alpha value is -1.55. The van der Waals surface area contributed by atoms with Crippen LogP contribution < -0.4 is 5.73 Å². The summed E-state index contributed by atoms with van der Waals surface area (Å²) in [5.41, 5.74) is 7.35. The number of benzene rings is 1. The van der Waals surface area contributed by atoms with Gasteiger partial charge in [0.2, 0.25) is 0 Å². The van der Waals surface area contributed by atoms with Crippen molar-refractivity contribution in [2.45, 2.75) is 38.7 Å². The number of rotatable bonds is 1. The lowest BCUT2D eigenvalue weighted by atomic mass is 9.98. The van der Waals surface area contributed by atoms with Crippen molar-refractivity contribution in [3.63, 3.8) is 0 Å². The second kappa shape index (κ2) is 5.21. The number of aliphatic hydroxyl groups is 1. The van der Waals surface area contributed by atoms with Gasteiger partial charge in [0.15, 0.2) is 0 Å². The van der Waals surface area contributed by atoms with Crippen molar-refractivity contribution in [3.8, 4) is 0 Å². The highest BCUT2D eigenvalue weighted by molar-refractivity contribution is 5.96. The Morgan fingerprint density at radius 3 is 2.84 bits per heavy atom. The number of nitrogens with zero attached hydrogens (tertiary/aromatic N) is 1. The molecule has 1 fully saturated rings. The van der Waals surface area contributed by atoms with Crippen LogP contribution in [-0.4, -0.2) is 34.6 Å². The fourth-order valence-corrected chi connectivity index (χ4v) is 2.52. The Morgan fingerprint density at radius 2 is 2.11 bits per heavy atom. The molecule has 1 aliphatic rings. The molecule has 104 valence electrons. The summed E-state index contributed by atoms with van der Waals surface area (Å²) in [5.74, 6) is 0.0162. The van der Waals surface area contributed by atoms with Crippen molar-refractivity contribution < 1.29 is 9.90 Å². The number of amides is 1. The second-order valence-corrected chi connectivity index (χ2v) is 5.66. The van der Waals surface area contributed by atoms with E-state index in [9.17, 15) is 9.90 Å². The van der Waals surface area contributed by atoms with Crippen LogP contribution in [0.3, 0.4) is 0 Å². The summed E-state index contributed by atoms with van der Waals surface area (Å²) in [6.07, 6.45) is 2.20. The lowest BCUT2D eigenvalue weighted by molar-refractivity contribution is 0.0438. The van der Waals surface area contributed by atoms with Gasteiger partial charge in [-0.05, 0) is 50.8 Å². The highest BCUT2D eigenvalue weighted by Crippen LogP contribution is 2.24. The van der Waals surface area contributed by atoms with E-state index in [2.05, 4.69) is 0 Å². The number of carbonyl (C=O) groups is 1. The molecule has 1 unspecified atom stereocenters. The van der Waals surface area contributed by atoms with E-state index in [1.54, 1.807) is 6.07 Å². The zero-order chi connectivity index (χ0) is 14.0. The Bertz CT molecular complexity index is 483. The number of likely N-dealkylation sites (tertiary alicyclic amines) is 1. The first-order valence-electron chi connectivity index (χ1n) is 6.77. The van der Waals surface area contributed by atoms with Gasteiger partial charge in [0.1, 0.15) is 0 Å². The van der Waals surface area contributed by atoms with Gasteiger partial charge in [0, 0.05) is 24.3 Å². The normalized spacial score (nSPS) is 24.1. The molecule has 1 aliphatic heterocycles. The van der Waals surface area contributed by atoms with Gasteiger partial charge in [0.25, 0.3) is 5.91 Å². The average Bonchev–Trinajstić information content (AvgIpc) is 2.53. The summed E-state index contributed by atoms with van der Waals surface area (Å²) in [5, 5.41) is 10.1. The number of anilines is 1. The van der Waals surface area contributed by atoms with E-state index in [0.29, 0.717) is 30.8 Å². The van der Waals surface area contributed by atoms with Crippen molar-refractivity contribution in [1.29, 1.82) is 0 Å². The van der Waals surface area contributed by atoms with Crippen LogP contribution in [0.25, 0.3) is 0 Å². The van der Waals surface area contributed by atoms with Crippen molar-refractivity contribution in [3.05, 3.63) is 29.3 Å². The summed E-state index contributed by atoms with van der Waals surface area (Å²) in [6.45, 7) is 5.01. The van der Waals surface area contributed by atoms with Gasteiger partial charge in [-0.25, -0.2) is 0 Å². The number of nitrogen functional groups attached to an aromatic ring is 1. The Labute approximate surface area is 114 Å².